The summed E-state index contributed by atoms with van der Waals surface area (Å²) in [7, 11) is 0. The highest BCUT2D eigenvalue weighted by Gasteiger charge is 1.86. The van der Waals surface area contributed by atoms with E-state index in [1.54, 1.807) is 13.0 Å². The molecule has 11 heavy (non-hydrogen) atoms. The molecule has 2 heteroatoms. The lowest BCUT2D eigenvalue weighted by Crippen LogP contribution is -1.70. The molecule has 0 aliphatic carbocycles. The van der Waals surface area contributed by atoms with Gasteiger partial charge in [0.1, 0.15) is 0 Å². The Hall–Kier alpha value is -1.44. The van der Waals surface area contributed by atoms with Gasteiger partial charge in [-0.05, 0) is 23.7 Å². The molecule has 0 radical (unpaired) electrons. The fraction of sp³-hybridized carbons (Fsp3) is 0.111. The summed E-state index contributed by atoms with van der Waals surface area (Å²) >= 11 is 0. The lowest BCUT2D eigenvalue weighted by atomic mass is 10.2. The topological polar surface area (TPSA) is 29.4 Å². The van der Waals surface area contributed by atoms with E-state index in [0.717, 1.165) is 5.56 Å². The Morgan fingerprint density at radius 2 is 2.00 bits per heavy atom. The Bertz CT molecular complexity index is 264. The molecule has 1 aromatic rings. The molecule has 0 heterocycles. The third kappa shape index (κ3) is 2.34. The van der Waals surface area contributed by atoms with Crippen LogP contribution in [0.1, 0.15) is 12.5 Å². The smallest absolute Gasteiger partial charge is 0.0824 e. The van der Waals surface area contributed by atoms with E-state index in [1.807, 2.05) is 30.3 Å². The monoisotopic (exact) mass is 147 g/mol. The molecule has 2 nitrogen and oxygen atoms in total. The van der Waals surface area contributed by atoms with E-state index in [-0.39, 0.29) is 0 Å². The van der Waals surface area contributed by atoms with E-state index in [9.17, 15) is 4.91 Å². The maximum atomic E-state index is 9.99. The first-order chi connectivity index (χ1) is 5.33. The quantitative estimate of drug-likeness (QED) is 0.591. The van der Waals surface area contributed by atoms with E-state index < -0.39 is 0 Å². The predicted molar refractivity (Wildman–Crippen MR) is 45.9 cm³/mol. The largest absolute Gasteiger partial charge is 0.145 e. The molecule has 56 valence electrons. The molecule has 0 aliphatic rings. The Balaban J connectivity index is 2.87. The number of nitroso groups, excluding NO2 is 1. The number of rotatable bonds is 2. The van der Waals surface area contributed by atoms with Crippen molar-refractivity contribution in [2.75, 3.05) is 0 Å². The Morgan fingerprint density at radius 1 is 1.36 bits per heavy atom. The molecule has 0 saturated carbocycles. The fourth-order valence-electron chi connectivity index (χ4n) is 0.817. The standard InChI is InChI=1S/C9H9NO/c1-8(10-11)7-9-5-3-2-4-6-9/h2-7H,1H3/b8-7+. The van der Waals surface area contributed by atoms with Crippen LogP contribution in [0.3, 0.4) is 0 Å². The summed E-state index contributed by atoms with van der Waals surface area (Å²) in [5.41, 5.74) is 1.50. The molecule has 0 spiro atoms. The second-order valence-corrected chi connectivity index (χ2v) is 2.29. The molecule has 0 N–H and O–H groups in total. The number of allylic oxidation sites excluding steroid dienone is 1. The van der Waals surface area contributed by atoms with Gasteiger partial charge in [0.05, 0.1) is 5.70 Å². The van der Waals surface area contributed by atoms with Gasteiger partial charge in [-0.15, -0.1) is 4.91 Å². The van der Waals surface area contributed by atoms with Crippen LogP contribution >= 0.6 is 0 Å². The summed E-state index contributed by atoms with van der Waals surface area (Å²) in [5, 5.41) is 2.79. The maximum absolute atomic E-state index is 9.99. The zero-order valence-electron chi connectivity index (χ0n) is 6.32. The maximum Gasteiger partial charge on any atom is 0.0824 e. The summed E-state index contributed by atoms with van der Waals surface area (Å²) in [5.74, 6) is 0. The van der Waals surface area contributed by atoms with Crippen molar-refractivity contribution < 1.29 is 0 Å². The molecular weight excluding hydrogens is 138 g/mol. The van der Waals surface area contributed by atoms with Crippen LogP contribution in [-0.4, -0.2) is 0 Å². The van der Waals surface area contributed by atoms with Gasteiger partial charge >= 0.3 is 0 Å². The zero-order chi connectivity index (χ0) is 8.10. The summed E-state index contributed by atoms with van der Waals surface area (Å²) in [6.45, 7) is 1.68. The van der Waals surface area contributed by atoms with Gasteiger partial charge in [-0.2, -0.15) is 0 Å². The van der Waals surface area contributed by atoms with Crippen molar-refractivity contribution in [3.05, 3.63) is 46.5 Å². The van der Waals surface area contributed by atoms with Crippen molar-refractivity contribution >= 4 is 6.08 Å². The van der Waals surface area contributed by atoms with Crippen LogP contribution in [-0.2, 0) is 0 Å². The van der Waals surface area contributed by atoms with Crippen LogP contribution in [0, 0.1) is 4.91 Å². The zero-order valence-corrected chi connectivity index (χ0v) is 6.32. The molecular formula is C9H9NO. The van der Waals surface area contributed by atoms with Gasteiger partial charge in [-0.3, -0.25) is 0 Å². The molecule has 1 rings (SSSR count). The highest BCUT2D eigenvalue weighted by Crippen LogP contribution is 2.05. The first kappa shape index (κ1) is 7.66. The molecule has 0 aliphatic heterocycles. The van der Waals surface area contributed by atoms with Crippen molar-refractivity contribution in [3.63, 3.8) is 0 Å². The minimum absolute atomic E-state index is 0.496. The second kappa shape index (κ2) is 3.66. The van der Waals surface area contributed by atoms with Gasteiger partial charge in [-0.1, -0.05) is 30.3 Å². The Kier molecular flexibility index (Phi) is 2.55. The number of hydrogen-bond acceptors (Lipinski definition) is 2. The average Bonchev–Trinajstić information content (AvgIpc) is 2.06. The van der Waals surface area contributed by atoms with Gasteiger partial charge in [0.25, 0.3) is 0 Å². The van der Waals surface area contributed by atoms with Crippen molar-refractivity contribution in [2.24, 2.45) is 5.18 Å². The lowest BCUT2D eigenvalue weighted by Gasteiger charge is -1.90. The molecule has 1 aromatic carbocycles. The van der Waals surface area contributed by atoms with Crippen LogP contribution in [0.15, 0.2) is 41.2 Å². The van der Waals surface area contributed by atoms with Crippen LogP contribution < -0.4 is 0 Å². The minimum atomic E-state index is 0.496. The van der Waals surface area contributed by atoms with E-state index >= 15 is 0 Å². The van der Waals surface area contributed by atoms with E-state index in [4.69, 9.17) is 0 Å². The summed E-state index contributed by atoms with van der Waals surface area (Å²) in [4.78, 5) is 9.99. The van der Waals surface area contributed by atoms with Crippen LogP contribution in [0.4, 0.5) is 0 Å². The molecule has 0 fully saturated rings. The van der Waals surface area contributed by atoms with Crippen molar-refractivity contribution in [3.8, 4) is 0 Å². The van der Waals surface area contributed by atoms with E-state index in [2.05, 4.69) is 5.18 Å². The molecule has 0 unspecified atom stereocenters. The first-order valence-electron chi connectivity index (χ1n) is 3.39. The minimum Gasteiger partial charge on any atom is -0.145 e. The SMILES string of the molecule is C/C(=C\c1ccccc1)N=O. The Morgan fingerprint density at radius 3 is 2.55 bits per heavy atom. The van der Waals surface area contributed by atoms with Gasteiger partial charge in [-0.25, -0.2) is 0 Å². The summed E-state index contributed by atoms with van der Waals surface area (Å²) in [6, 6.07) is 9.62. The van der Waals surface area contributed by atoms with E-state index in [0.29, 0.717) is 5.70 Å². The normalized spacial score (nSPS) is 11.2. The third-order valence-electron chi connectivity index (χ3n) is 1.32. The highest BCUT2D eigenvalue weighted by molar-refractivity contribution is 5.51. The van der Waals surface area contributed by atoms with Crippen LogP contribution in [0.25, 0.3) is 6.08 Å². The highest BCUT2D eigenvalue weighted by atomic mass is 16.3. The molecule has 0 amide bonds. The first-order valence-corrected chi connectivity index (χ1v) is 3.39. The number of hydrogen-bond donors (Lipinski definition) is 0. The predicted octanol–water partition coefficient (Wildman–Crippen LogP) is 2.81. The molecule has 0 aromatic heterocycles. The van der Waals surface area contributed by atoms with Crippen molar-refractivity contribution in [2.45, 2.75) is 6.92 Å². The van der Waals surface area contributed by atoms with E-state index in [1.165, 1.54) is 0 Å². The lowest BCUT2D eigenvalue weighted by molar-refractivity contribution is 1.31. The van der Waals surface area contributed by atoms with Gasteiger partial charge in [0.2, 0.25) is 0 Å². The number of benzene rings is 1. The summed E-state index contributed by atoms with van der Waals surface area (Å²) in [6.07, 6.45) is 1.74. The van der Waals surface area contributed by atoms with Crippen molar-refractivity contribution in [1.29, 1.82) is 0 Å². The van der Waals surface area contributed by atoms with Gasteiger partial charge in [0, 0.05) is 0 Å². The molecule has 0 bridgehead atoms. The average molecular weight is 147 g/mol. The fourth-order valence-corrected chi connectivity index (χ4v) is 0.817. The van der Waals surface area contributed by atoms with Crippen LogP contribution in [0.2, 0.25) is 0 Å². The molecule has 0 saturated heterocycles. The summed E-state index contributed by atoms with van der Waals surface area (Å²) < 4.78 is 0. The third-order valence-corrected chi connectivity index (χ3v) is 1.32. The number of nitrogens with zero attached hydrogens (tertiary/aromatic N) is 1. The second-order valence-electron chi connectivity index (χ2n) is 2.29. The Labute approximate surface area is 65.5 Å². The van der Waals surface area contributed by atoms with Crippen molar-refractivity contribution in [1.82, 2.24) is 0 Å². The van der Waals surface area contributed by atoms with Crippen LogP contribution in [0.5, 0.6) is 0 Å². The molecule has 0 atom stereocenters. The van der Waals surface area contributed by atoms with Gasteiger partial charge in [0.15, 0.2) is 0 Å². The van der Waals surface area contributed by atoms with Gasteiger partial charge < -0.3 is 0 Å².